The van der Waals surface area contributed by atoms with Crippen LogP contribution in [0.2, 0.25) is 0 Å². The van der Waals surface area contributed by atoms with E-state index in [4.69, 9.17) is 9.47 Å². The van der Waals surface area contributed by atoms with Crippen molar-refractivity contribution in [2.45, 2.75) is 85.0 Å². The first kappa shape index (κ1) is 30.7. The van der Waals surface area contributed by atoms with Gasteiger partial charge in [0.15, 0.2) is 0 Å². The largest absolute Gasteiger partial charge is 0.458 e. The van der Waals surface area contributed by atoms with Crippen molar-refractivity contribution in [2.75, 3.05) is 5.75 Å². The van der Waals surface area contributed by atoms with Gasteiger partial charge in [0.25, 0.3) is 0 Å². The molecule has 0 saturated heterocycles. The molecule has 3 rings (SSSR count). The molecule has 0 amide bonds. The predicted octanol–water partition coefficient (Wildman–Crippen LogP) is 7.58. The maximum atomic E-state index is 13.6. The minimum atomic E-state index is -4.45. The summed E-state index contributed by atoms with van der Waals surface area (Å²) in [5, 5.41) is 0.437. The van der Waals surface area contributed by atoms with Crippen LogP contribution in [0.1, 0.15) is 75.8 Å². The molecule has 0 aliphatic carbocycles. The number of esters is 2. The molecule has 2 heterocycles. The molecule has 0 N–H and O–H groups in total. The molecule has 1 aromatic carbocycles. The van der Waals surface area contributed by atoms with Crippen molar-refractivity contribution in [3.63, 3.8) is 0 Å². The lowest BCUT2D eigenvalue weighted by molar-refractivity contribution is -0.152. The quantitative estimate of drug-likeness (QED) is 0.244. The van der Waals surface area contributed by atoms with Crippen molar-refractivity contribution < 1.29 is 32.2 Å². The van der Waals surface area contributed by atoms with E-state index in [0.29, 0.717) is 35.0 Å². The number of thioether (sulfide) groups is 1. The molecule has 212 valence electrons. The number of ether oxygens (including phenoxy) is 2. The number of carbonyl (C=O) groups is 2. The average molecular weight is 564 g/mol. The maximum Gasteiger partial charge on any atom is 0.417 e. The lowest BCUT2D eigenvalue weighted by atomic mass is 9.86. The molecular formula is C30H36F3NO4S. The topological polar surface area (TPSA) is 65.5 Å². The Hall–Kier alpha value is -2.81. The van der Waals surface area contributed by atoms with Crippen LogP contribution in [0.25, 0.3) is 5.57 Å². The Bertz CT molecular complexity index is 1220. The zero-order valence-corrected chi connectivity index (χ0v) is 24.3. The molecule has 2 aromatic rings. The molecule has 0 fully saturated rings. The minimum Gasteiger partial charge on any atom is -0.458 e. The van der Waals surface area contributed by atoms with Crippen molar-refractivity contribution in [3.8, 4) is 0 Å². The van der Waals surface area contributed by atoms with Gasteiger partial charge in [-0.05, 0) is 69.4 Å². The molecular weight excluding hydrogens is 527 g/mol. The number of carbonyl (C=O) groups excluding carboxylic acids is 2. The maximum absolute atomic E-state index is 13.6. The molecule has 5 nitrogen and oxygen atoms in total. The Morgan fingerprint density at radius 1 is 1.15 bits per heavy atom. The highest BCUT2D eigenvalue weighted by Gasteiger charge is 2.38. The summed E-state index contributed by atoms with van der Waals surface area (Å²) in [7, 11) is 0. The first-order valence-corrected chi connectivity index (χ1v) is 14.1. The highest BCUT2D eigenvalue weighted by molar-refractivity contribution is 7.99. The first-order chi connectivity index (χ1) is 18.1. The summed E-state index contributed by atoms with van der Waals surface area (Å²) >= 11 is 1.28. The van der Waals surface area contributed by atoms with E-state index >= 15 is 0 Å². The average Bonchev–Trinajstić information content (AvgIpc) is 2.86. The number of aryl methyl sites for hydroxylation is 3. The summed E-state index contributed by atoms with van der Waals surface area (Å²) in [5.74, 6) is -0.434. The van der Waals surface area contributed by atoms with Gasteiger partial charge in [-0.1, -0.05) is 38.5 Å². The summed E-state index contributed by atoms with van der Waals surface area (Å²) in [4.78, 5) is 30.5. The van der Waals surface area contributed by atoms with Crippen LogP contribution >= 0.6 is 11.8 Å². The Morgan fingerprint density at radius 2 is 1.77 bits per heavy atom. The molecule has 0 bridgehead atoms. The molecule has 9 heteroatoms. The second kappa shape index (κ2) is 12.1. The fourth-order valence-electron chi connectivity index (χ4n) is 4.33. The summed E-state index contributed by atoms with van der Waals surface area (Å²) in [5.41, 5.74) is 2.53. The lowest BCUT2D eigenvalue weighted by Crippen LogP contribution is -2.35. The van der Waals surface area contributed by atoms with E-state index in [1.165, 1.54) is 17.8 Å². The van der Waals surface area contributed by atoms with Crippen LogP contribution in [-0.2, 0) is 38.1 Å². The third-order valence-electron chi connectivity index (χ3n) is 6.61. The SMILES string of the molecule is CCc1cc(C)cc(CC)c1C1=C(OC(=O)C(C)(C)C)CC(C(C)CSc2ccc(C(F)(F)F)cn2)OC1=O. The number of hydrogen-bond acceptors (Lipinski definition) is 6. The second-order valence-corrected chi connectivity index (χ2v) is 12.0. The minimum absolute atomic E-state index is 0.192. The van der Waals surface area contributed by atoms with Gasteiger partial charge in [0.1, 0.15) is 17.4 Å². The number of rotatable bonds is 8. The third kappa shape index (κ3) is 7.44. The van der Waals surface area contributed by atoms with E-state index in [-0.39, 0.29) is 12.3 Å². The van der Waals surface area contributed by atoms with Gasteiger partial charge in [0, 0.05) is 24.3 Å². The van der Waals surface area contributed by atoms with Gasteiger partial charge in [-0.2, -0.15) is 13.2 Å². The van der Waals surface area contributed by atoms with Crippen molar-refractivity contribution in [1.82, 2.24) is 4.98 Å². The van der Waals surface area contributed by atoms with Crippen LogP contribution < -0.4 is 0 Å². The van der Waals surface area contributed by atoms with Crippen LogP contribution in [0, 0.1) is 18.3 Å². The van der Waals surface area contributed by atoms with Gasteiger partial charge < -0.3 is 9.47 Å². The van der Waals surface area contributed by atoms with Crippen LogP contribution in [0.5, 0.6) is 0 Å². The number of cyclic esters (lactones) is 1. The molecule has 1 aliphatic rings. The molecule has 2 unspecified atom stereocenters. The molecule has 1 aromatic heterocycles. The van der Waals surface area contributed by atoms with Crippen LogP contribution in [0.3, 0.4) is 0 Å². The molecule has 0 saturated carbocycles. The number of pyridine rings is 1. The van der Waals surface area contributed by atoms with Gasteiger partial charge in [0.2, 0.25) is 0 Å². The Balaban J connectivity index is 1.93. The number of hydrogen-bond donors (Lipinski definition) is 0. The van der Waals surface area contributed by atoms with Crippen molar-refractivity contribution in [2.24, 2.45) is 11.3 Å². The van der Waals surface area contributed by atoms with E-state index in [9.17, 15) is 22.8 Å². The Labute approximate surface area is 232 Å². The molecule has 0 spiro atoms. The van der Waals surface area contributed by atoms with Crippen molar-refractivity contribution in [3.05, 3.63) is 64.0 Å². The van der Waals surface area contributed by atoms with Gasteiger partial charge in [-0.15, -0.1) is 11.8 Å². The fourth-order valence-corrected chi connectivity index (χ4v) is 5.27. The predicted molar refractivity (Wildman–Crippen MR) is 146 cm³/mol. The summed E-state index contributed by atoms with van der Waals surface area (Å²) < 4.78 is 50.4. The van der Waals surface area contributed by atoms with E-state index in [1.807, 2.05) is 39.8 Å². The van der Waals surface area contributed by atoms with E-state index in [2.05, 4.69) is 4.98 Å². The summed E-state index contributed by atoms with van der Waals surface area (Å²) in [6.07, 6.45) is -2.62. The number of aromatic nitrogens is 1. The Morgan fingerprint density at radius 3 is 2.26 bits per heavy atom. The monoisotopic (exact) mass is 563 g/mol. The first-order valence-electron chi connectivity index (χ1n) is 13.1. The number of alkyl halides is 3. The highest BCUT2D eigenvalue weighted by atomic mass is 32.2. The molecule has 0 radical (unpaired) electrons. The molecule has 1 aliphatic heterocycles. The summed E-state index contributed by atoms with van der Waals surface area (Å²) in [6.45, 7) is 13.2. The van der Waals surface area contributed by atoms with Crippen LogP contribution in [0.4, 0.5) is 13.2 Å². The fraction of sp³-hybridized carbons (Fsp3) is 0.500. The standard InChI is InChI=1S/C30H36F3NO4S/c1-8-19-12-17(3)13-20(9-2)25(19)26-23(38-28(36)29(5,6)7)14-22(37-27(26)35)18(4)16-39-24-11-10-21(15-34-24)30(31,32)33/h10-13,15,18,22H,8-9,14,16H2,1-7H3. The molecule has 2 atom stereocenters. The highest BCUT2D eigenvalue weighted by Crippen LogP contribution is 2.39. The van der Waals surface area contributed by atoms with E-state index in [0.717, 1.165) is 34.5 Å². The van der Waals surface area contributed by atoms with E-state index < -0.39 is 35.2 Å². The molecule has 39 heavy (non-hydrogen) atoms. The smallest absolute Gasteiger partial charge is 0.417 e. The summed E-state index contributed by atoms with van der Waals surface area (Å²) in [6, 6.07) is 6.41. The van der Waals surface area contributed by atoms with Gasteiger partial charge in [0.05, 0.1) is 16.0 Å². The number of benzene rings is 1. The van der Waals surface area contributed by atoms with Crippen molar-refractivity contribution >= 4 is 29.3 Å². The van der Waals surface area contributed by atoms with Crippen LogP contribution in [0.15, 0.2) is 41.2 Å². The lowest BCUT2D eigenvalue weighted by Gasteiger charge is -2.32. The number of nitrogens with zero attached hydrogens (tertiary/aromatic N) is 1. The zero-order valence-electron chi connectivity index (χ0n) is 23.5. The normalized spacial score (nSPS) is 17.2. The second-order valence-electron chi connectivity index (χ2n) is 10.9. The van der Waals surface area contributed by atoms with Crippen LogP contribution in [-0.4, -0.2) is 28.8 Å². The Kier molecular flexibility index (Phi) is 9.57. The number of halogens is 3. The van der Waals surface area contributed by atoms with Crippen molar-refractivity contribution in [1.29, 1.82) is 0 Å². The van der Waals surface area contributed by atoms with Gasteiger partial charge >= 0.3 is 18.1 Å². The van der Waals surface area contributed by atoms with E-state index in [1.54, 1.807) is 20.8 Å². The zero-order chi connectivity index (χ0) is 29.1. The van der Waals surface area contributed by atoms with Gasteiger partial charge in [-0.3, -0.25) is 4.79 Å². The van der Waals surface area contributed by atoms with Gasteiger partial charge in [-0.25, -0.2) is 9.78 Å². The third-order valence-corrected chi connectivity index (χ3v) is 7.84.